The number of carbonyl (C=O) groups is 1. The zero-order valence-electron chi connectivity index (χ0n) is 13.7. The average Bonchev–Trinajstić information content (AvgIpc) is 3.22. The molecule has 5 heteroatoms. The Morgan fingerprint density at radius 1 is 1.17 bits per heavy atom. The van der Waals surface area contributed by atoms with Crippen molar-refractivity contribution in [3.05, 3.63) is 22.4 Å². The number of ether oxygens (including phenoxy) is 1. The average molecular weight is 334 g/mol. The fraction of sp³-hybridized carbons (Fsp3) is 0.722. The fourth-order valence-corrected chi connectivity index (χ4v) is 5.26. The Bertz CT molecular complexity index is 527. The zero-order valence-corrected chi connectivity index (χ0v) is 14.5. The molecule has 0 saturated carbocycles. The number of fused-ring (bicyclic) bond motifs is 1. The highest BCUT2D eigenvalue weighted by atomic mass is 32.1. The van der Waals surface area contributed by atoms with Gasteiger partial charge >= 0.3 is 0 Å². The Kier molecular flexibility index (Phi) is 4.69. The van der Waals surface area contributed by atoms with E-state index in [0.29, 0.717) is 18.0 Å². The lowest BCUT2D eigenvalue weighted by molar-refractivity contribution is 0.0144. The summed E-state index contributed by atoms with van der Waals surface area (Å²) in [6.45, 7) is 4.86. The standard InChI is InChI=1S/C18H26N2O2S/c21-18(17-5-3-11-23-17)19-12-14-4-1-2-8-20(16(14)13-19)15-6-9-22-10-7-15/h3,5,11,14-16H,1-2,4,6-10,12-13H2/t14-,16+/m0/s1. The highest BCUT2D eigenvalue weighted by Crippen LogP contribution is 2.34. The topological polar surface area (TPSA) is 32.8 Å². The van der Waals surface area contributed by atoms with Gasteiger partial charge in [-0.1, -0.05) is 12.5 Å². The van der Waals surface area contributed by atoms with Crippen LogP contribution in [0.5, 0.6) is 0 Å². The van der Waals surface area contributed by atoms with Crippen LogP contribution in [0, 0.1) is 5.92 Å². The van der Waals surface area contributed by atoms with E-state index in [2.05, 4.69) is 9.80 Å². The molecule has 0 N–H and O–H groups in total. The predicted octanol–water partition coefficient (Wildman–Crippen LogP) is 2.85. The largest absolute Gasteiger partial charge is 0.381 e. The minimum Gasteiger partial charge on any atom is -0.381 e. The number of likely N-dealkylation sites (tertiary alicyclic amines) is 2. The second kappa shape index (κ2) is 6.91. The molecule has 23 heavy (non-hydrogen) atoms. The van der Waals surface area contributed by atoms with Crippen molar-refractivity contribution in [1.82, 2.24) is 9.80 Å². The number of amides is 1. The first-order chi connectivity index (χ1) is 11.3. The third-order valence-electron chi connectivity index (χ3n) is 5.75. The van der Waals surface area contributed by atoms with Crippen LogP contribution in [-0.2, 0) is 4.74 Å². The summed E-state index contributed by atoms with van der Waals surface area (Å²) in [5.74, 6) is 0.893. The van der Waals surface area contributed by atoms with Gasteiger partial charge in [0.25, 0.3) is 5.91 Å². The van der Waals surface area contributed by atoms with Crippen LogP contribution in [-0.4, -0.2) is 60.6 Å². The van der Waals surface area contributed by atoms with E-state index in [4.69, 9.17) is 4.74 Å². The Hall–Kier alpha value is -0.910. The SMILES string of the molecule is O=C(c1cccs1)N1C[C@@H]2CCCCN(C3CCOCC3)[C@@H]2C1. The third-order valence-corrected chi connectivity index (χ3v) is 6.61. The molecule has 1 aromatic rings. The summed E-state index contributed by atoms with van der Waals surface area (Å²) >= 11 is 1.56. The van der Waals surface area contributed by atoms with E-state index < -0.39 is 0 Å². The molecule has 0 aliphatic carbocycles. The molecule has 4 nitrogen and oxygen atoms in total. The summed E-state index contributed by atoms with van der Waals surface area (Å²) in [5.41, 5.74) is 0. The molecular weight excluding hydrogens is 308 g/mol. The number of rotatable bonds is 2. The molecule has 4 rings (SSSR count). The summed E-state index contributed by atoms with van der Waals surface area (Å²) in [5, 5.41) is 2.00. The second-order valence-electron chi connectivity index (χ2n) is 7.09. The molecule has 0 unspecified atom stereocenters. The summed E-state index contributed by atoms with van der Waals surface area (Å²) in [6.07, 6.45) is 6.20. The quantitative estimate of drug-likeness (QED) is 0.834. The lowest BCUT2D eigenvalue weighted by Gasteiger charge is -2.39. The van der Waals surface area contributed by atoms with E-state index >= 15 is 0 Å². The lowest BCUT2D eigenvalue weighted by Crippen LogP contribution is -2.49. The molecule has 126 valence electrons. The maximum atomic E-state index is 12.7. The molecule has 3 aliphatic heterocycles. The van der Waals surface area contributed by atoms with Crippen molar-refractivity contribution in [2.24, 2.45) is 5.92 Å². The number of thiophene rings is 1. The van der Waals surface area contributed by atoms with Crippen LogP contribution < -0.4 is 0 Å². The van der Waals surface area contributed by atoms with Crippen LogP contribution in [0.15, 0.2) is 17.5 Å². The van der Waals surface area contributed by atoms with Crippen LogP contribution in [0.1, 0.15) is 41.8 Å². The van der Waals surface area contributed by atoms with E-state index in [0.717, 1.165) is 44.0 Å². The van der Waals surface area contributed by atoms with Gasteiger partial charge in [-0.15, -0.1) is 11.3 Å². The number of nitrogens with zero attached hydrogens (tertiary/aromatic N) is 2. The molecule has 0 radical (unpaired) electrons. The van der Waals surface area contributed by atoms with E-state index in [1.807, 2.05) is 17.5 Å². The highest BCUT2D eigenvalue weighted by Gasteiger charge is 2.42. The maximum Gasteiger partial charge on any atom is 0.263 e. The van der Waals surface area contributed by atoms with Crippen LogP contribution in [0.3, 0.4) is 0 Å². The van der Waals surface area contributed by atoms with Gasteiger partial charge in [-0.25, -0.2) is 0 Å². The van der Waals surface area contributed by atoms with Crippen molar-refractivity contribution in [3.63, 3.8) is 0 Å². The molecule has 0 bridgehead atoms. The van der Waals surface area contributed by atoms with E-state index in [9.17, 15) is 4.79 Å². The normalized spacial score (nSPS) is 30.2. The van der Waals surface area contributed by atoms with Crippen LogP contribution >= 0.6 is 11.3 Å². The molecule has 1 amide bonds. The predicted molar refractivity (Wildman–Crippen MR) is 91.9 cm³/mol. The summed E-state index contributed by atoms with van der Waals surface area (Å²) in [6, 6.07) is 5.15. The molecular formula is C18H26N2O2S. The molecule has 0 aromatic carbocycles. The molecule has 0 spiro atoms. The maximum absolute atomic E-state index is 12.7. The van der Waals surface area contributed by atoms with Gasteiger partial charge < -0.3 is 9.64 Å². The number of hydrogen-bond donors (Lipinski definition) is 0. The van der Waals surface area contributed by atoms with Gasteiger partial charge in [-0.05, 0) is 49.6 Å². The zero-order chi connectivity index (χ0) is 15.6. The van der Waals surface area contributed by atoms with Crippen molar-refractivity contribution < 1.29 is 9.53 Å². The van der Waals surface area contributed by atoms with Gasteiger partial charge in [0.05, 0.1) is 4.88 Å². The van der Waals surface area contributed by atoms with Gasteiger partial charge in [0.2, 0.25) is 0 Å². The summed E-state index contributed by atoms with van der Waals surface area (Å²) in [7, 11) is 0. The van der Waals surface area contributed by atoms with Crippen molar-refractivity contribution >= 4 is 17.2 Å². The molecule has 3 saturated heterocycles. The highest BCUT2D eigenvalue weighted by molar-refractivity contribution is 7.12. The lowest BCUT2D eigenvalue weighted by atomic mass is 9.96. The Labute approximate surface area is 142 Å². The minimum atomic E-state index is 0.236. The fourth-order valence-electron chi connectivity index (χ4n) is 4.57. The van der Waals surface area contributed by atoms with Gasteiger partial charge in [0, 0.05) is 38.4 Å². The Balaban J connectivity index is 1.49. The van der Waals surface area contributed by atoms with Crippen molar-refractivity contribution in [1.29, 1.82) is 0 Å². The second-order valence-corrected chi connectivity index (χ2v) is 8.04. The van der Waals surface area contributed by atoms with E-state index in [1.54, 1.807) is 11.3 Å². The monoisotopic (exact) mass is 334 g/mol. The van der Waals surface area contributed by atoms with Gasteiger partial charge in [-0.3, -0.25) is 9.69 Å². The van der Waals surface area contributed by atoms with Gasteiger partial charge in [0.15, 0.2) is 0 Å². The third kappa shape index (κ3) is 3.19. The summed E-state index contributed by atoms with van der Waals surface area (Å²) < 4.78 is 5.55. The first-order valence-electron chi connectivity index (χ1n) is 8.99. The van der Waals surface area contributed by atoms with E-state index in [-0.39, 0.29) is 5.91 Å². The Morgan fingerprint density at radius 2 is 2.04 bits per heavy atom. The first kappa shape index (κ1) is 15.6. The van der Waals surface area contributed by atoms with Crippen molar-refractivity contribution in [2.45, 2.75) is 44.2 Å². The number of hydrogen-bond acceptors (Lipinski definition) is 4. The first-order valence-corrected chi connectivity index (χ1v) is 9.87. The Morgan fingerprint density at radius 3 is 2.83 bits per heavy atom. The minimum absolute atomic E-state index is 0.236. The molecule has 4 heterocycles. The van der Waals surface area contributed by atoms with Crippen LogP contribution in [0.2, 0.25) is 0 Å². The van der Waals surface area contributed by atoms with E-state index in [1.165, 1.54) is 25.8 Å². The van der Waals surface area contributed by atoms with Crippen LogP contribution in [0.4, 0.5) is 0 Å². The number of carbonyl (C=O) groups excluding carboxylic acids is 1. The molecule has 3 fully saturated rings. The molecule has 2 atom stereocenters. The van der Waals surface area contributed by atoms with Gasteiger partial charge in [0.1, 0.15) is 0 Å². The van der Waals surface area contributed by atoms with Crippen LogP contribution in [0.25, 0.3) is 0 Å². The van der Waals surface area contributed by atoms with Crippen molar-refractivity contribution in [3.8, 4) is 0 Å². The smallest absolute Gasteiger partial charge is 0.263 e. The summed E-state index contributed by atoms with van der Waals surface area (Å²) in [4.78, 5) is 18.5. The molecule has 1 aromatic heterocycles. The van der Waals surface area contributed by atoms with Gasteiger partial charge in [-0.2, -0.15) is 0 Å². The molecule has 3 aliphatic rings. The van der Waals surface area contributed by atoms with Crippen molar-refractivity contribution in [2.75, 3.05) is 32.8 Å².